The van der Waals surface area contributed by atoms with Gasteiger partial charge in [0.15, 0.2) is 0 Å². The second-order valence-corrected chi connectivity index (χ2v) is 9.51. The Hall–Kier alpha value is -1.76. The predicted molar refractivity (Wildman–Crippen MR) is 113 cm³/mol. The molecule has 0 amide bonds. The van der Waals surface area contributed by atoms with Gasteiger partial charge in [-0.3, -0.25) is 9.10 Å². The molecule has 152 valence electrons. The molecule has 0 atom stereocenters. The fourth-order valence-corrected chi connectivity index (χ4v) is 4.89. The summed E-state index contributed by atoms with van der Waals surface area (Å²) in [5, 5.41) is 0.249. The number of anilines is 1. The lowest BCUT2D eigenvalue weighted by Gasteiger charge is -2.27. The molecule has 0 aliphatic heterocycles. The molecule has 0 radical (unpaired) electrons. The number of ether oxygens (including phenoxy) is 1. The lowest BCUT2D eigenvalue weighted by Crippen LogP contribution is -2.38. The maximum Gasteiger partial charge on any atom is 0.327 e. The first-order valence-corrected chi connectivity index (χ1v) is 11.0. The van der Waals surface area contributed by atoms with Crippen LogP contribution in [-0.4, -0.2) is 27.0 Å². The Morgan fingerprint density at radius 1 is 1.07 bits per heavy atom. The molecule has 0 saturated heterocycles. The number of rotatable bonds is 7. The van der Waals surface area contributed by atoms with Crippen LogP contribution in [0.2, 0.25) is 10.0 Å². The van der Waals surface area contributed by atoms with E-state index in [1.54, 1.807) is 26.0 Å². The molecule has 0 aliphatic carbocycles. The molecule has 0 unspecified atom stereocenters. The van der Waals surface area contributed by atoms with Crippen molar-refractivity contribution in [3.8, 4) is 0 Å². The number of hydrogen-bond acceptors (Lipinski definition) is 4. The number of hydrogen-bond donors (Lipinski definition) is 0. The molecule has 0 aromatic heterocycles. The highest BCUT2D eigenvalue weighted by Gasteiger charge is 2.31. The number of esters is 1. The minimum atomic E-state index is -4.18. The standard InChI is InChI=1S/C20H23Cl2NO4S/c1-13(2)16-7-5-6-8-18(16)23(12-20(24)27-14(3)4)28(25,26)19-11-15(21)9-10-17(19)22/h5-11,13-14H,12H2,1-4H3. The first-order chi connectivity index (χ1) is 13.0. The fraction of sp³-hybridized carbons (Fsp3) is 0.350. The topological polar surface area (TPSA) is 63.7 Å². The van der Waals surface area contributed by atoms with E-state index < -0.39 is 22.5 Å². The van der Waals surface area contributed by atoms with Crippen molar-refractivity contribution in [3.63, 3.8) is 0 Å². The SMILES string of the molecule is CC(C)OC(=O)CN(c1ccccc1C(C)C)S(=O)(=O)c1cc(Cl)ccc1Cl. The summed E-state index contributed by atoms with van der Waals surface area (Å²) >= 11 is 12.2. The molecule has 2 aromatic carbocycles. The van der Waals surface area contributed by atoms with Gasteiger partial charge in [0.05, 0.1) is 16.8 Å². The summed E-state index contributed by atoms with van der Waals surface area (Å²) in [6.07, 6.45) is -0.368. The van der Waals surface area contributed by atoms with Gasteiger partial charge in [0, 0.05) is 5.02 Å². The first-order valence-electron chi connectivity index (χ1n) is 8.80. The minimum absolute atomic E-state index is 0.0219. The molecule has 0 N–H and O–H groups in total. The molecule has 8 heteroatoms. The second kappa shape index (κ2) is 9.16. The van der Waals surface area contributed by atoms with Gasteiger partial charge in [-0.25, -0.2) is 8.42 Å². The van der Waals surface area contributed by atoms with Gasteiger partial charge in [-0.1, -0.05) is 55.2 Å². The van der Waals surface area contributed by atoms with Crippen LogP contribution >= 0.6 is 23.2 Å². The number of carbonyl (C=O) groups excluding carboxylic acids is 1. The van der Waals surface area contributed by atoms with Gasteiger partial charge in [-0.2, -0.15) is 0 Å². The molecular weight excluding hydrogens is 421 g/mol. The molecule has 0 bridgehead atoms. The first kappa shape index (κ1) is 22.5. The third kappa shape index (κ3) is 5.19. The zero-order valence-corrected chi connectivity index (χ0v) is 18.5. The quantitative estimate of drug-likeness (QED) is 0.547. The van der Waals surface area contributed by atoms with E-state index in [1.807, 2.05) is 26.0 Å². The third-order valence-electron chi connectivity index (χ3n) is 3.93. The van der Waals surface area contributed by atoms with E-state index in [9.17, 15) is 13.2 Å². The Bertz CT molecular complexity index is 958. The third-order valence-corrected chi connectivity index (χ3v) is 6.40. The van der Waals surface area contributed by atoms with Crippen LogP contribution < -0.4 is 4.31 Å². The molecule has 0 saturated carbocycles. The summed E-state index contributed by atoms with van der Waals surface area (Å²) in [7, 11) is -4.18. The number of carbonyl (C=O) groups is 1. The highest BCUT2D eigenvalue weighted by Crippen LogP contribution is 2.34. The van der Waals surface area contributed by atoms with Crippen molar-refractivity contribution in [2.75, 3.05) is 10.8 Å². The maximum absolute atomic E-state index is 13.5. The van der Waals surface area contributed by atoms with E-state index in [0.29, 0.717) is 5.69 Å². The van der Waals surface area contributed by atoms with Gasteiger partial charge in [0.25, 0.3) is 10.0 Å². The van der Waals surface area contributed by atoms with E-state index in [-0.39, 0.29) is 27.0 Å². The fourth-order valence-electron chi connectivity index (χ4n) is 2.71. The lowest BCUT2D eigenvalue weighted by molar-refractivity contribution is -0.145. The van der Waals surface area contributed by atoms with Crippen molar-refractivity contribution >= 4 is 44.9 Å². The number of sulfonamides is 1. The van der Waals surface area contributed by atoms with Crippen molar-refractivity contribution < 1.29 is 17.9 Å². The van der Waals surface area contributed by atoms with Gasteiger partial charge >= 0.3 is 5.97 Å². The summed E-state index contributed by atoms with van der Waals surface area (Å²) in [6, 6.07) is 11.2. The van der Waals surface area contributed by atoms with E-state index >= 15 is 0 Å². The molecule has 2 aromatic rings. The van der Waals surface area contributed by atoms with Crippen LogP contribution in [0, 0.1) is 0 Å². The number of halogens is 2. The monoisotopic (exact) mass is 443 g/mol. The van der Waals surface area contributed by atoms with Gasteiger partial charge < -0.3 is 4.74 Å². The molecular formula is C20H23Cl2NO4S. The van der Waals surface area contributed by atoms with Crippen LogP contribution in [0.15, 0.2) is 47.4 Å². The van der Waals surface area contributed by atoms with E-state index in [2.05, 4.69) is 0 Å². The summed E-state index contributed by atoms with van der Waals surface area (Å²) in [5.41, 5.74) is 1.18. The zero-order valence-electron chi connectivity index (χ0n) is 16.1. The van der Waals surface area contributed by atoms with Crippen molar-refractivity contribution in [2.24, 2.45) is 0 Å². The zero-order chi connectivity index (χ0) is 21.1. The molecule has 5 nitrogen and oxygen atoms in total. The molecule has 0 aliphatic rings. The maximum atomic E-state index is 13.5. The second-order valence-electron chi connectivity index (χ2n) is 6.84. The van der Waals surface area contributed by atoms with Crippen molar-refractivity contribution in [1.29, 1.82) is 0 Å². The summed E-state index contributed by atoms with van der Waals surface area (Å²) in [6.45, 7) is 6.82. The van der Waals surface area contributed by atoms with Crippen LogP contribution in [0.3, 0.4) is 0 Å². The highest BCUT2D eigenvalue weighted by atomic mass is 35.5. The Morgan fingerprint density at radius 3 is 2.32 bits per heavy atom. The average Bonchev–Trinajstić information content (AvgIpc) is 2.60. The van der Waals surface area contributed by atoms with Crippen LogP contribution in [0.5, 0.6) is 0 Å². The van der Waals surface area contributed by atoms with Crippen molar-refractivity contribution in [3.05, 3.63) is 58.1 Å². The smallest absolute Gasteiger partial charge is 0.327 e. The van der Waals surface area contributed by atoms with Crippen molar-refractivity contribution in [1.82, 2.24) is 0 Å². The normalized spacial score (nSPS) is 11.7. The summed E-state index contributed by atoms with van der Waals surface area (Å²) < 4.78 is 33.2. The van der Waals surface area contributed by atoms with Crippen LogP contribution in [-0.2, 0) is 19.6 Å². The lowest BCUT2D eigenvalue weighted by atomic mass is 10.0. The Morgan fingerprint density at radius 2 is 1.71 bits per heavy atom. The molecule has 28 heavy (non-hydrogen) atoms. The number of benzene rings is 2. The predicted octanol–water partition coefficient (Wildman–Crippen LogP) is 5.26. The van der Waals surface area contributed by atoms with Crippen LogP contribution in [0.4, 0.5) is 5.69 Å². The molecule has 0 heterocycles. The number of para-hydroxylation sites is 1. The van der Waals surface area contributed by atoms with E-state index in [0.717, 1.165) is 9.87 Å². The highest BCUT2D eigenvalue weighted by molar-refractivity contribution is 7.93. The Balaban J connectivity index is 2.65. The van der Waals surface area contributed by atoms with E-state index in [4.69, 9.17) is 27.9 Å². The summed E-state index contributed by atoms with van der Waals surface area (Å²) in [5.74, 6) is -0.625. The summed E-state index contributed by atoms with van der Waals surface area (Å²) in [4.78, 5) is 12.2. The molecule has 0 fully saturated rings. The molecule has 0 spiro atoms. The Labute approximate surface area is 176 Å². The van der Waals surface area contributed by atoms with Crippen LogP contribution in [0.1, 0.15) is 39.2 Å². The van der Waals surface area contributed by atoms with Crippen molar-refractivity contribution in [2.45, 2.75) is 44.6 Å². The Kier molecular flexibility index (Phi) is 7.37. The van der Waals surface area contributed by atoms with Gasteiger partial charge in [-0.15, -0.1) is 0 Å². The number of nitrogens with zero attached hydrogens (tertiary/aromatic N) is 1. The minimum Gasteiger partial charge on any atom is -0.462 e. The van der Waals surface area contributed by atoms with Gasteiger partial charge in [0.1, 0.15) is 11.4 Å². The molecule has 2 rings (SSSR count). The van der Waals surface area contributed by atoms with Crippen LogP contribution in [0.25, 0.3) is 0 Å². The average molecular weight is 444 g/mol. The van der Waals surface area contributed by atoms with Gasteiger partial charge in [-0.05, 0) is 49.6 Å². The van der Waals surface area contributed by atoms with Gasteiger partial charge in [0.2, 0.25) is 0 Å². The van der Waals surface area contributed by atoms with E-state index in [1.165, 1.54) is 18.2 Å². The largest absolute Gasteiger partial charge is 0.462 e.